The highest BCUT2D eigenvalue weighted by Gasteiger charge is 2.47. The Kier molecular flexibility index (Phi) is 5.75. The van der Waals surface area contributed by atoms with E-state index >= 15 is 0 Å². The van der Waals surface area contributed by atoms with Crippen molar-refractivity contribution in [2.45, 2.75) is 56.5 Å². The average Bonchev–Trinajstić information content (AvgIpc) is 2.49. The van der Waals surface area contributed by atoms with E-state index in [0.29, 0.717) is 12.6 Å². The van der Waals surface area contributed by atoms with E-state index in [1.165, 1.54) is 0 Å². The fourth-order valence-electron chi connectivity index (χ4n) is 4.41. The summed E-state index contributed by atoms with van der Waals surface area (Å²) >= 11 is 0. The molecule has 0 saturated heterocycles. The first kappa shape index (κ1) is 22.4. The van der Waals surface area contributed by atoms with Gasteiger partial charge in [-0.2, -0.15) is 13.2 Å². The molecule has 1 aromatic rings. The lowest BCUT2D eigenvalue weighted by Crippen LogP contribution is -2.66. The van der Waals surface area contributed by atoms with Crippen molar-refractivity contribution in [3.63, 3.8) is 0 Å². The lowest BCUT2D eigenvalue weighted by molar-refractivity contribution is -0.436. The molecule has 158 valence electrons. The Balaban J connectivity index is 2.31. The van der Waals surface area contributed by atoms with Crippen molar-refractivity contribution in [2.75, 3.05) is 11.9 Å². The van der Waals surface area contributed by atoms with Gasteiger partial charge in [0.05, 0.1) is 15.9 Å². The van der Waals surface area contributed by atoms with Gasteiger partial charge in [0.2, 0.25) is 0 Å². The quantitative estimate of drug-likeness (QED) is 0.556. The maximum absolute atomic E-state index is 12.7. The van der Waals surface area contributed by atoms with Crippen LogP contribution in [0, 0.1) is 20.9 Å². The highest BCUT2D eigenvalue weighted by molar-refractivity contribution is 7.92. The smallest absolute Gasteiger partial charge is 0.379 e. The fourth-order valence-corrected chi connectivity index (χ4v) is 5.19. The van der Waals surface area contributed by atoms with Crippen LogP contribution in [0.4, 0.5) is 24.5 Å². The minimum atomic E-state index is -5.66. The maximum atomic E-state index is 12.7. The summed E-state index contributed by atoms with van der Waals surface area (Å²) in [6, 6.07) is 2.41. The number of sulfone groups is 1. The first-order valence-electron chi connectivity index (χ1n) is 8.73. The molecule has 2 rings (SSSR count). The summed E-state index contributed by atoms with van der Waals surface area (Å²) in [5.41, 5.74) is -2.27. The number of quaternary nitrogens is 1. The largest absolute Gasteiger partial charge is 0.501 e. The average molecular weight is 424 g/mol. The Morgan fingerprint density at radius 3 is 2.39 bits per heavy atom. The van der Waals surface area contributed by atoms with Crippen molar-refractivity contribution in [1.29, 1.82) is 0 Å². The fraction of sp³-hybridized carbons (Fsp3) is 0.647. The van der Waals surface area contributed by atoms with E-state index < -0.39 is 30.9 Å². The minimum Gasteiger partial charge on any atom is -0.379 e. The van der Waals surface area contributed by atoms with E-state index in [1.54, 1.807) is 0 Å². The van der Waals surface area contributed by atoms with Crippen molar-refractivity contribution in [2.24, 2.45) is 10.8 Å². The number of benzene rings is 1. The highest BCUT2D eigenvalue weighted by Crippen LogP contribution is 2.45. The molecule has 0 aromatic heterocycles. The summed E-state index contributed by atoms with van der Waals surface area (Å²) in [4.78, 5) is 9.27. The van der Waals surface area contributed by atoms with E-state index in [9.17, 15) is 31.7 Å². The maximum Gasteiger partial charge on any atom is 0.501 e. The van der Waals surface area contributed by atoms with Gasteiger partial charge in [-0.1, -0.05) is 20.8 Å². The summed E-state index contributed by atoms with van der Waals surface area (Å²) in [6.45, 7) is 6.64. The lowest BCUT2D eigenvalue weighted by atomic mass is 9.63. The molecular formula is C17H25F3N3O4S+. The summed E-state index contributed by atoms with van der Waals surface area (Å²) in [7, 11) is -5.66. The number of hydrogen-bond donors (Lipinski definition) is 2. The van der Waals surface area contributed by atoms with Crippen LogP contribution < -0.4 is 11.1 Å². The van der Waals surface area contributed by atoms with Crippen molar-refractivity contribution in [1.82, 2.24) is 0 Å². The predicted octanol–water partition coefficient (Wildman–Crippen LogP) is 3.13. The SMILES string of the molecule is CC1(C)C[C@@H]([NH3+])C[C@@](C)(CNc2ccc(S(=O)(=O)C(F)(F)F)cc2[N+](=O)[O-])C1. The number of anilines is 1. The molecule has 1 saturated carbocycles. The Morgan fingerprint density at radius 2 is 1.89 bits per heavy atom. The van der Waals surface area contributed by atoms with Gasteiger partial charge >= 0.3 is 5.51 Å². The van der Waals surface area contributed by atoms with Gasteiger partial charge in [0.1, 0.15) is 5.69 Å². The molecule has 0 unspecified atom stereocenters. The number of alkyl halides is 3. The Morgan fingerprint density at radius 1 is 1.29 bits per heavy atom. The zero-order valence-corrected chi connectivity index (χ0v) is 16.8. The van der Waals surface area contributed by atoms with Gasteiger partial charge < -0.3 is 11.1 Å². The van der Waals surface area contributed by atoms with Crippen molar-refractivity contribution in [3.05, 3.63) is 28.3 Å². The second-order valence-electron chi connectivity index (χ2n) is 8.66. The van der Waals surface area contributed by atoms with E-state index in [1.807, 2.05) is 6.92 Å². The van der Waals surface area contributed by atoms with Gasteiger partial charge in [0, 0.05) is 25.5 Å². The van der Waals surface area contributed by atoms with Crippen LogP contribution in [0.2, 0.25) is 0 Å². The van der Waals surface area contributed by atoms with Crippen LogP contribution in [0.1, 0.15) is 40.0 Å². The molecule has 0 aliphatic heterocycles. The first-order chi connectivity index (χ1) is 12.6. The second-order valence-corrected chi connectivity index (χ2v) is 10.6. The summed E-state index contributed by atoms with van der Waals surface area (Å²) < 4.78 is 61.2. The molecule has 0 bridgehead atoms. The van der Waals surface area contributed by atoms with Crippen LogP contribution in [0.5, 0.6) is 0 Å². The molecular weight excluding hydrogens is 399 g/mol. The third-order valence-electron chi connectivity index (χ3n) is 5.01. The summed E-state index contributed by atoms with van der Waals surface area (Å²) in [5.74, 6) is 0. The summed E-state index contributed by atoms with van der Waals surface area (Å²) in [5, 5.41) is 14.3. The topological polar surface area (TPSA) is 117 Å². The lowest BCUT2D eigenvalue weighted by Gasteiger charge is -2.44. The standard InChI is InChI=1S/C17H24F3N3O4S/c1-15(2)7-11(21)8-16(3,9-15)10-22-13-5-4-12(6-14(13)23(24)25)28(26,27)17(18,19)20/h4-6,11,22H,7-10,21H2,1-3H3/p+1/t11-,16-/m1/s1. The van der Waals surface area contributed by atoms with Gasteiger partial charge in [-0.3, -0.25) is 10.1 Å². The number of nitro benzene ring substituents is 1. The Bertz CT molecular complexity index is 871. The molecule has 7 nitrogen and oxygen atoms in total. The molecule has 0 heterocycles. The molecule has 2 atom stereocenters. The van der Waals surface area contributed by atoms with Crippen molar-refractivity contribution >= 4 is 21.2 Å². The molecule has 0 amide bonds. The highest BCUT2D eigenvalue weighted by atomic mass is 32.2. The first-order valence-corrected chi connectivity index (χ1v) is 10.2. The third kappa shape index (κ3) is 4.75. The third-order valence-corrected chi connectivity index (χ3v) is 6.50. The van der Waals surface area contributed by atoms with Gasteiger partial charge in [-0.25, -0.2) is 8.42 Å². The number of nitrogens with zero attached hydrogens (tertiary/aromatic N) is 1. The van der Waals surface area contributed by atoms with Gasteiger partial charge in [-0.15, -0.1) is 0 Å². The van der Waals surface area contributed by atoms with E-state index in [2.05, 4.69) is 24.9 Å². The number of rotatable bonds is 5. The molecule has 1 aliphatic carbocycles. The molecule has 1 fully saturated rings. The zero-order chi connectivity index (χ0) is 21.5. The molecule has 4 N–H and O–H groups in total. The monoisotopic (exact) mass is 424 g/mol. The van der Waals surface area contributed by atoms with Crippen LogP contribution in [0.3, 0.4) is 0 Å². The summed E-state index contributed by atoms with van der Waals surface area (Å²) in [6.07, 6.45) is 2.62. The Hall–Kier alpha value is -1.88. The van der Waals surface area contributed by atoms with Gasteiger partial charge in [0.25, 0.3) is 15.5 Å². The van der Waals surface area contributed by atoms with Crippen LogP contribution in [0.25, 0.3) is 0 Å². The van der Waals surface area contributed by atoms with E-state index in [-0.39, 0.29) is 22.6 Å². The van der Waals surface area contributed by atoms with Crippen molar-refractivity contribution < 1.29 is 32.2 Å². The Labute approximate surface area is 161 Å². The number of nitrogens with one attached hydrogen (secondary N) is 1. The molecule has 0 spiro atoms. The molecule has 28 heavy (non-hydrogen) atoms. The zero-order valence-electron chi connectivity index (χ0n) is 16.0. The van der Waals surface area contributed by atoms with Gasteiger partial charge in [-0.05, 0) is 29.4 Å². The molecule has 11 heteroatoms. The molecule has 0 radical (unpaired) electrons. The van der Waals surface area contributed by atoms with Crippen LogP contribution >= 0.6 is 0 Å². The van der Waals surface area contributed by atoms with Crippen LogP contribution in [0.15, 0.2) is 23.1 Å². The number of hydrogen-bond acceptors (Lipinski definition) is 5. The number of halogens is 3. The van der Waals surface area contributed by atoms with E-state index in [4.69, 9.17) is 0 Å². The van der Waals surface area contributed by atoms with Crippen molar-refractivity contribution in [3.8, 4) is 0 Å². The predicted molar refractivity (Wildman–Crippen MR) is 97.2 cm³/mol. The van der Waals surface area contributed by atoms with Gasteiger partial charge in [0.15, 0.2) is 0 Å². The molecule has 1 aromatic carbocycles. The molecule has 1 aliphatic rings. The minimum absolute atomic E-state index is 0.0173. The number of nitro groups is 1. The van der Waals surface area contributed by atoms with Crippen LogP contribution in [-0.2, 0) is 9.84 Å². The van der Waals surface area contributed by atoms with E-state index in [0.717, 1.165) is 31.4 Å². The van der Waals surface area contributed by atoms with Crippen LogP contribution in [-0.4, -0.2) is 31.4 Å². The normalized spacial score (nSPS) is 25.3. The second kappa shape index (κ2) is 7.18.